The van der Waals surface area contributed by atoms with Crippen LogP contribution in [0.3, 0.4) is 0 Å². The van der Waals surface area contributed by atoms with E-state index in [2.05, 4.69) is 0 Å². The van der Waals surface area contributed by atoms with E-state index in [0.29, 0.717) is 11.8 Å². The van der Waals surface area contributed by atoms with Crippen molar-refractivity contribution < 1.29 is 57.6 Å². The number of hydrogen-bond donors (Lipinski definition) is 1. The lowest BCUT2D eigenvalue weighted by atomic mass is 9.94. The van der Waals surface area contributed by atoms with Crippen LogP contribution >= 0.6 is 11.8 Å². The summed E-state index contributed by atoms with van der Waals surface area (Å²) in [6.07, 6.45) is -4.36. The molecule has 1 saturated heterocycles. The zero-order valence-corrected chi connectivity index (χ0v) is 21.1. The number of fused-ring (bicyclic) bond motifs is 1. The van der Waals surface area contributed by atoms with Gasteiger partial charge in [-0.3, -0.25) is 28.8 Å². The van der Waals surface area contributed by atoms with Crippen LogP contribution in [0.5, 0.6) is 5.75 Å². The molecule has 198 valence electrons. The van der Waals surface area contributed by atoms with Crippen molar-refractivity contribution in [1.82, 2.24) is 0 Å². The van der Waals surface area contributed by atoms with E-state index >= 15 is 0 Å². The Morgan fingerprint density at radius 3 is 2.08 bits per heavy atom. The van der Waals surface area contributed by atoms with Crippen molar-refractivity contribution in [2.24, 2.45) is 0 Å². The Morgan fingerprint density at radius 1 is 0.892 bits per heavy atom. The second-order valence-corrected chi connectivity index (χ2v) is 9.23. The molecular formula is C24H24O12S. The van der Waals surface area contributed by atoms with E-state index in [1.807, 2.05) is 0 Å². The molecule has 1 aliphatic heterocycles. The van der Waals surface area contributed by atoms with Gasteiger partial charge < -0.3 is 28.8 Å². The normalized spacial score (nSPS) is 24.9. The minimum absolute atomic E-state index is 0.0101. The minimum atomic E-state index is -1.42. The number of phenolic OH excluding ortho intramolecular Hbond substituents is 1. The first kappa shape index (κ1) is 27.9. The average molecular weight is 537 g/mol. The number of rotatable bonds is 7. The summed E-state index contributed by atoms with van der Waals surface area (Å²) in [7, 11) is 0. The third kappa shape index (κ3) is 6.54. The van der Waals surface area contributed by atoms with Gasteiger partial charge in [0.05, 0.1) is 10.5 Å². The molecule has 1 aromatic carbocycles. The summed E-state index contributed by atoms with van der Waals surface area (Å²) in [5, 5.41) is 10.2. The summed E-state index contributed by atoms with van der Waals surface area (Å²) in [6, 6.07) is 4.07. The zero-order chi connectivity index (χ0) is 27.4. The molecule has 2 aliphatic rings. The number of aromatic hydroxyl groups is 1. The van der Waals surface area contributed by atoms with Crippen LogP contribution in [0.1, 0.15) is 48.4 Å². The zero-order valence-electron chi connectivity index (χ0n) is 20.2. The van der Waals surface area contributed by atoms with Crippen molar-refractivity contribution in [2.45, 2.75) is 57.5 Å². The summed E-state index contributed by atoms with van der Waals surface area (Å²) in [5.41, 5.74) is -1.49. The molecule has 1 aromatic rings. The first-order valence-corrected chi connectivity index (χ1v) is 11.9. The maximum atomic E-state index is 13.2. The minimum Gasteiger partial charge on any atom is -0.507 e. The van der Waals surface area contributed by atoms with Crippen molar-refractivity contribution in [3.63, 3.8) is 0 Å². The maximum Gasteiger partial charge on any atom is 0.303 e. The molecule has 37 heavy (non-hydrogen) atoms. The Kier molecular flexibility index (Phi) is 8.71. The van der Waals surface area contributed by atoms with Gasteiger partial charge in [0, 0.05) is 39.3 Å². The van der Waals surface area contributed by atoms with Gasteiger partial charge in [0.2, 0.25) is 5.78 Å². The van der Waals surface area contributed by atoms with Crippen LogP contribution in [0, 0.1) is 0 Å². The largest absolute Gasteiger partial charge is 0.507 e. The number of benzene rings is 1. The van der Waals surface area contributed by atoms with Crippen LogP contribution < -0.4 is 0 Å². The van der Waals surface area contributed by atoms with Gasteiger partial charge in [0.25, 0.3) is 0 Å². The molecule has 0 aromatic heterocycles. The SMILES string of the molecule is CC(=O)OC[C@H]1O[C@H](SC2=CC(=O)c3cccc(O)c3C2=O)[C@H](OC(C)=O)[C@@H](OC(C)=O)[C@@H]1OC(C)=O. The van der Waals surface area contributed by atoms with E-state index in [1.165, 1.54) is 18.2 Å². The average Bonchev–Trinajstić information content (AvgIpc) is 2.78. The second-order valence-electron chi connectivity index (χ2n) is 8.09. The molecule has 0 radical (unpaired) electrons. The molecule has 0 spiro atoms. The van der Waals surface area contributed by atoms with Crippen LogP contribution in [-0.4, -0.2) is 77.0 Å². The van der Waals surface area contributed by atoms with Crippen LogP contribution in [0.2, 0.25) is 0 Å². The topological polar surface area (TPSA) is 169 Å². The first-order chi connectivity index (χ1) is 17.4. The highest BCUT2D eigenvalue weighted by atomic mass is 32.2. The van der Waals surface area contributed by atoms with Gasteiger partial charge in [-0.05, 0) is 6.07 Å². The fourth-order valence-electron chi connectivity index (χ4n) is 3.87. The van der Waals surface area contributed by atoms with Gasteiger partial charge in [0.1, 0.15) is 23.9 Å². The number of phenols is 1. The van der Waals surface area contributed by atoms with E-state index < -0.39 is 77.7 Å². The number of ether oxygens (including phenoxy) is 5. The molecule has 1 N–H and O–H groups in total. The summed E-state index contributed by atoms with van der Waals surface area (Å²) in [5.74, 6) is -4.72. The van der Waals surface area contributed by atoms with E-state index in [1.54, 1.807) is 0 Å². The molecule has 0 saturated carbocycles. The Balaban J connectivity index is 2.03. The van der Waals surface area contributed by atoms with Gasteiger partial charge in [-0.1, -0.05) is 23.9 Å². The third-order valence-electron chi connectivity index (χ3n) is 5.21. The number of thioether (sulfide) groups is 1. The molecule has 1 fully saturated rings. The molecule has 5 atom stereocenters. The van der Waals surface area contributed by atoms with E-state index in [-0.39, 0.29) is 16.0 Å². The number of carbonyl (C=O) groups is 6. The van der Waals surface area contributed by atoms with Crippen LogP contribution in [-0.2, 0) is 42.9 Å². The molecule has 0 unspecified atom stereocenters. The molecule has 12 nitrogen and oxygen atoms in total. The van der Waals surface area contributed by atoms with Gasteiger partial charge in [-0.2, -0.15) is 0 Å². The highest BCUT2D eigenvalue weighted by molar-refractivity contribution is 8.04. The molecule has 13 heteroatoms. The van der Waals surface area contributed by atoms with Crippen molar-refractivity contribution in [3.8, 4) is 5.75 Å². The summed E-state index contributed by atoms with van der Waals surface area (Å²) >= 11 is 0.673. The van der Waals surface area contributed by atoms with Crippen LogP contribution in [0.4, 0.5) is 0 Å². The number of esters is 4. The molecule has 1 aliphatic carbocycles. The molecule has 1 heterocycles. The number of carbonyl (C=O) groups excluding carboxylic acids is 6. The van der Waals surface area contributed by atoms with E-state index in [9.17, 15) is 33.9 Å². The van der Waals surface area contributed by atoms with Crippen LogP contribution in [0.15, 0.2) is 29.2 Å². The van der Waals surface area contributed by atoms with Crippen molar-refractivity contribution >= 4 is 47.2 Å². The third-order valence-corrected chi connectivity index (χ3v) is 6.38. The second kappa shape index (κ2) is 11.6. The van der Waals surface area contributed by atoms with E-state index in [4.69, 9.17) is 23.7 Å². The van der Waals surface area contributed by atoms with Crippen LogP contribution in [0.25, 0.3) is 0 Å². The molecule has 0 bridgehead atoms. The Bertz CT molecular complexity index is 1170. The van der Waals surface area contributed by atoms with Crippen molar-refractivity contribution in [2.75, 3.05) is 6.61 Å². The highest BCUT2D eigenvalue weighted by Gasteiger charge is 2.53. The lowest BCUT2D eigenvalue weighted by Crippen LogP contribution is -2.61. The lowest BCUT2D eigenvalue weighted by Gasteiger charge is -2.44. The van der Waals surface area contributed by atoms with Crippen molar-refractivity contribution in [1.29, 1.82) is 0 Å². The lowest BCUT2D eigenvalue weighted by molar-refractivity contribution is -0.237. The molecule has 0 amide bonds. The van der Waals surface area contributed by atoms with Gasteiger partial charge in [-0.15, -0.1) is 0 Å². The summed E-state index contributed by atoms with van der Waals surface area (Å²) < 4.78 is 27.0. The number of hydrogen-bond acceptors (Lipinski definition) is 13. The fourth-order valence-corrected chi connectivity index (χ4v) is 5.04. The Morgan fingerprint density at radius 2 is 1.49 bits per heavy atom. The predicted molar refractivity (Wildman–Crippen MR) is 124 cm³/mol. The standard InChI is InChI=1S/C24H24O12S/c1-10(25)32-9-17-21(33-11(2)26)22(34-12(3)27)23(35-13(4)28)24(36-17)37-18-8-16(30)14-6-5-7-15(29)19(14)20(18)31/h5-8,17,21-24,29H,9H2,1-4H3/t17-,21-,22+,23-,24-/m1/s1. The number of ketones is 2. The molecular weight excluding hydrogens is 512 g/mol. The number of allylic oxidation sites excluding steroid dienone is 2. The van der Waals surface area contributed by atoms with Gasteiger partial charge >= 0.3 is 23.9 Å². The summed E-state index contributed by atoms with van der Waals surface area (Å²) in [4.78, 5) is 72.8. The molecule has 3 rings (SSSR count). The number of Topliss-reactive ketones (excluding diaryl/α,β-unsaturated/α-hetero) is 1. The maximum absolute atomic E-state index is 13.2. The quantitative estimate of drug-likeness (QED) is 0.393. The van der Waals surface area contributed by atoms with Gasteiger partial charge in [0.15, 0.2) is 24.1 Å². The Hall–Kier alpha value is -3.71. The highest BCUT2D eigenvalue weighted by Crippen LogP contribution is 2.41. The first-order valence-electron chi connectivity index (χ1n) is 11.0. The van der Waals surface area contributed by atoms with E-state index in [0.717, 1.165) is 33.8 Å². The van der Waals surface area contributed by atoms with Crippen molar-refractivity contribution in [3.05, 3.63) is 40.3 Å². The smallest absolute Gasteiger partial charge is 0.303 e. The predicted octanol–water partition coefficient (Wildman–Crippen LogP) is 1.47. The Labute approximate surface area is 215 Å². The van der Waals surface area contributed by atoms with Gasteiger partial charge in [-0.25, -0.2) is 0 Å². The summed E-state index contributed by atoms with van der Waals surface area (Å²) in [6.45, 7) is 3.96. The monoisotopic (exact) mass is 536 g/mol. The fraction of sp³-hybridized carbons (Fsp3) is 0.417.